The minimum absolute atomic E-state index is 0.127. The van der Waals surface area contributed by atoms with Crippen LogP contribution in [0.5, 0.6) is 0 Å². The molecule has 0 aliphatic heterocycles. The highest BCUT2D eigenvalue weighted by Crippen LogP contribution is 2.21. The molecule has 2 aromatic carbocycles. The highest BCUT2D eigenvalue weighted by Gasteiger charge is 2.15. The van der Waals surface area contributed by atoms with E-state index in [2.05, 4.69) is 9.71 Å². The van der Waals surface area contributed by atoms with Gasteiger partial charge in [0.25, 0.3) is 10.0 Å². The van der Waals surface area contributed by atoms with E-state index >= 15 is 0 Å². The Morgan fingerprint density at radius 3 is 2.48 bits per heavy atom. The Bertz CT molecular complexity index is 920. The van der Waals surface area contributed by atoms with Crippen LogP contribution in [0.2, 0.25) is 0 Å². The second kappa shape index (κ2) is 5.85. The summed E-state index contributed by atoms with van der Waals surface area (Å²) in [6.45, 7) is 1.87. The molecule has 0 unspecified atom stereocenters. The van der Waals surface area contributed by atoms with Crippen molar-refractivity contribution in [2.75, 3.05) is 4.72 Å². The molecule has 0 radical (unpaired) electrons. The van der Waals surface area contributed by atoms with Gasteiger partial charge in [-0.3, -0.25) is 4.72 Å². The van der Waals surface area contributed by atoms with Gasteiger partial charge in [-0.2, -0.15) is 0 Å². The largest absolute Gasteiger partial charge is 0.303 e. The molecule has 0 spiro atoms. The van der Waals surface area contributed by atoms with Gasteiger partial charge in [-0.25, -0.2) is 17.8 Å². The standard InChI is InChI=1S/C16H14FN3O2S/c1-12-2-5-14(6-3-12)23(21,22)19-13-4-7-16(15(17)10-13)20-9-8-18-11-20/h2-11,19H,1H3. The van der Waals surface area contributed by atoms with Crippen LogP contribution in [-0.4, -0.2) is 18.0 Å². The summed E-state index contributed by atoms with van der Waals surface area (Å²) in [5.74, 6) is -0.549. The SMILES string of the molecule is Cc1ccc(S(=O)(=O)Nc2ccc(-n3ccnc3)c(F)c2)cc1. The Balaban J connectivity index is 1.88. The third kappa shape index (κ3) is 3.24. The average molecular weight is 331 g/mol. The van der Waals surface area contributed by atoms with Gasteiger partial charge in [0.05, 0.1) is 22.6 Å². The van der Waals surface area contributed by atoms with Crippen molar-refractivity contribution in [3.8, 4) is 5.69 Å². The van der Waals surface area contributed by atoms with Crippen LogP contribution in [0.25, 0.3) is 5.69 Å². The topological polar surface area (TPSA) is 64.0 Å². The normalized spacial score (nSPS) is 11.4. The molecule has 0 fully saturated rings. The quantitative estimate of drug-likeness (QED) is 0.799. The van der Waals surface area contributed by atoms with Crippen molar-refractivity contribution >= 4 is 15.7 Å². The van der Waals surface area contributed by atoms with Crippen LogP contribution in [0, 0.1) is 12.7 Å². The molecule has 0 atom stereocenters. The van der Waals surface area contributed by atoms with Crippen LogP contribution >= 0.6 is 0 Å². The summed E-state index contributed by atoms with van der Waals surface area (Å²) in [6.07, 6.45) is 4.61. The third-order valence-corrected chi connectivity index (χ3v) is 4.71. The van der Waals surface area contributed by atoms with Gasteiger partial charge in [0.15, 0.2) is 0 Å². The predicted molar refractivity (Wildman–Crippen MR) is 85.5 cm³/mol. The van der Waals surface area contributed by atoms with Gasteiger partial charge < -0.3 is 4.57 Å². The van der Waals surface area contributed by atoms with Crippen molar-refractivity contribution in [2.45, 2.75) is 11.8 Å². The minimum atomic E-state index is -3.75. The smallest absolute Gasteiger partial charge is 0.261 e. The molecule has 1 aromatic heterocycles. The molecule has 118 valence electrons. The number of nitrogens with one attached hydrogen (secondary N) is 1. The third-order valence-electron chi connectivity index (χ3n) is 3.31. The van der Waals surface area contributed by atoms with E-state index < -0.39 is 15.8 Å². The second-order valence-electron chi connectivity index (χ2n) is 5.05. The summed E-state index contributed by atoms with van der Waals surface area (Å²) < 4.78 is 42.6. The van der Waals surface area contributed by atoms with E-state index in [0.29, 0.717) is 5.69 Å². The number of rotatable bonds is 4. The molecule has 0 bridgehead atoms. The maximum absolute atomic E-state index is 14.2. The van der Waals surface area contributed by atoms with E-state index in [4.69, 9.17) is 0 Å². The number of nitrogens with zero attached hydrogens (tertiary/aromatic N) is 2. The Hall–Kier alpha value is -2.67. The Kier molecular flexibility index (Phi) is 3.87. The summed E-state index contributed by atoms with van der Waals surface area (Å²) in [4.78, 5) is 3.98. The molecule has 3 aromatic rings. The lowest BCUT2D eigenvalue weighted by Crippen LogP contribution is -2.13. The minimum Gasteiger partial charge on any atom is -0.303 e. The lowest BCUT2D eigenvalue weighted by atomic mass is 10.2. The van der Waals surface area contributed by atoms with Gasteiger partial charge in [0, 0.05) is 18.5 Å². The number of benzene rings is 2. The first-order valence-electron chi connectivity index (χ1n) is 6.83. The summed E-state index contributed by atoms with van der Waals surface area (Å²) in [5, 5.41) is 0. The fourth-order valence-corrected chi connectivity index (χ4v) is 3.16. The van der Waals surface area contributed by atoms with Crippen molar-refractivity contribution in [1.29, 1.82) is 0 Å². The van der Waals surface area contributed by atoms with Crippen molar-refractivity contribution in [3.05, 3.63) is 72.6 Å². The highest BCUT2D eigenvalue weighted by atomic mass is 32.2. The molecule has 0 saturated heterocycles. The molecule has 0 aliphatic carbocycles. The van der Waals surface area contributed by atoms with Crippen LogP contribution < -0.4 is 4.72 Å². The maximum Gasteiger partial charge on any atom is 0.261 e. The van der Waals surface area contributed by atoms with Gasteiger partial charge in [-0.1, -0.05) is 17.7 Å². The molecule has 0 aliphatic rings. The van der Waals surface area contributed by atoms with E-state index in [1.165, 1.54) is 41.4 Å². The van der Waals surface area contributed by atoms with Crippen LogP contribution in [-0.2, 0) is 10.0 Å². The fraction of sp³-hybridized carbons (Fsp3) is 0.0625. The molecule has 23 heavy (non-hydrogen) atoms. The molecular weight excluding hydrogens is 317 g/mol. The van der Waals surface area contributed by atoms with E-state index in [9.17, 15) is 12.8 Å². The predicted octanol–water partition coefficient (Wildman–Crippen LogP) is 3.12. The van der Waals surface area contributed by atoms with Gasteiger partial charge in [0.2, 0.25) is 0 Å². The summed E-state index contributed by atoms with van der Waals surface area (Å²) in [7, 11) is -3.75. The number of imidazole rings is 1. The maximum atomic E-state index is 14.2. The molecule has 1 N–H and O–H groups in total. The average Bonchev–Trinajstić information content (AvgIpc) is 3.01. The molecular formula is C16H14FN3O2S. The van der Waals surface area contributed by atoms with E-state index in [1.807, 2.05) is 6.92 Å². The highest BCUT2D eigenvalue weighted by molar-refractivity contribution is 7.92. The number of aromatic nitrogens is 2. The molecule has 0 amide bonds. The zero-order valence-corrected chi connectivity index (χ0v) is 13.1. The van der Waals surface area contributed by atoms with Crippen molar-refractivity contribution < 1.29 is 12.8 Å². The van der Waals surface area contributed by atoms with Gasteiger partial charge >= 0.3 is 0 Å². The molecule has 3 rings (SSSR count). The first-order valence-corrected chi connectivity index (χ1v) is 8.31. The zero-order valence-electron chi connectivity index (χ0n) is 12.3. The van der Waals surface area contributed by atoms with Gasteiger partial charge in [0.1, 0.15) is 5.82 Å². The van der Waals surface area contributed by atoms with Crippen molar-refractivity contribution in [3.63, 3.8) is 0 Å². The van der Waals surface area contributed by atoms with Crippen LogP contribution in [0.3, 0.4) is 0 Å². The van der Waals surface area contributed by atoms with Gasteiger partial charge in [-0.05, 0) is 31.2 Å². The first-order chi connectivity index (χ1) is 11.0. The molecule has 0 saturated carbocycles. The van der Waals surface area contributed by atoms with E-state index in [0.717, 1.165) is 11.6 Å². The Morgan fingerprint density at radius 2 is 1.87 bits per heavy atom. The van der Waals surface area contributed by atoms with Crippen molar-refractivity contribution in [1.82, 2.24) is 9.55 Å². The lowest BCUT2D eigenvalue weighted by molar-refractivity contribution is 0.601. The summed E-state index contributed by atoms with van der Waals surface area (Å²) in [6, 6.07) is 10.6. The number of hydrogen-bond acceptors (Lipinski definition) is 3. The number of hydrogen-bond donors (Lipinski definition) is 1. The Labute approximate surface area is 133 Å². The summed E-state index contributed by atoms with van der Waals surface area (Å²) >= 11 is 0. The number of halogens is 1. The number of aryl methyl sites for hydroxylation is 1. The monoisotopic (exact) mass is 331 g/mol. The van der Waals surface area contributed by atoms with E-state index in [-0.39, 0.29) is 10.6 Å². The zero-order chi connectivity index (χ0) is 16.4. The van der Waals surface area contributed by atoms with Crippen molar-refractivity contribution in [2.24, 2.45) is 0 Å². The fourth-order valence-electron chi connectivity index (χ4n) is 2.11. The summed E-state index contributed by atoms with van der Waals surface area (Å²) in [5.41, 5.74) is 1.41. The Morgan fingerprint density at radius 1 is 1.13 bits per heavy atom. The van der Waals surface area contributed by atoms with Crippen LogP contribution in [0.15, 0.2) is 66.1 Å². The number of anilines is 1. The van der Waals surface area contributed by atoms with Crippen LogP contribution in [0.1, 0.15) is 5.56 Å². The lowest BCUT2D eigenvalue weighted by Gasteiger charge is -2.10. The molecule has 5 nitrogen and oxygen atoms in total. The molecule has 7 heteroatoms. The van der Waals surface area contributed by atoms with Crippen LogP contribution in [0.4, 0.5) is 10.1 Å². The molecule has 1 heterocycles. The second-order valence-corrected chi connectivity index (χ2v) is 6.74. The number of sulfonamides is 1. The van der Waals surface area contributed by atoms with Gasteiger partial charge in [-0.15, -0.1) is 0 Å². The first kappa shape index (κ1) is 15.2. The van der Waals surface area contributed by atoms with E-state index in [1.54, 1.807) is 18.3 Å².